The Kier molecular flexibility index (Phi) is 4.49. The van der Waals surface area contributed by atoms with Gasteiger partial charge in [-0.2, -0.15) is 15.6 Å². The quantitative estimate of drug-likeness (QED) is 0.509. The van der Waals surface area contributed by atoms with Crippen molar-refractivity contribution in [2.75, 3.05) is 5.43 Å². The van der Waals surface area contributed by atoms with Gasteiger partial charge in [0.15, 0.2) is 0 Å². The first-order chi connectivity index (χ1) is 9.22. The molecule has 0 radical (unpaired) electrons. The molecule has 0 fully saturated rings. The molecule has 0 aliphatic carbocycles. The zero-order valence-electron chi connectivity index (χ0n) is 11.4. The lowest BCUT2D eigenvalue weighted by Crippen LogP contribution is -2.34. The Morgan fingerprint density at radius 3 is 2.15 bits per heavy atom. The molecule has 20 heavy (non-hydrogen) atoms. The van der Waals surface area contributed by atoms with Crippen LogP contribution in [-0.2, 0) is 9.84 Å². The minimum atomic E-state index is -3.80. The zero-order valence-corrected chi connectivity index (χ0v) is 12.2. The number of sulfone groups is 1. The number of nitrogens with zero attached hydrogens (tertiary/aromatic N) is 3. The fraction of sp³-hybridized carbons (Fsp3) is 0.308. The lowest BCUT2D eigenvalue weighted by molar-refractivity contribution is 0.573. The fourth-order valence-electron chi connectivity index (χ4n) is 1.17. The summed E-state index contributed by atoms with van der Waals surface area (Å²) in [6.07, 6.45) is 0. The van der Waals surface area contributed by atoms with Crippen LogP contribution in [-0.4, -0.2) is 18.2 Å². The highest BCUT2D eigenvalue weighted by Gasteiger charge is 2.34. The van der Waals surface area contributed by atoms with Crippen LogP contribution >= 0.6 is 0 Å². The zero-order chi connectivity index (χ0) is 15.4. The van der Waals surface area contributed by atoms with E-state index in [0.29, 0.717) is 11.3 Å². The van der Waals surface area contributed by atoms with Gasteiger partial charge in [-0.1, -0.05) is 0 Å². The van der Waals surface area contributed by atoms with Crippen molar-refractivity contribution in [1.29, 1.82) is 10.5 Å². The van der Waals surface area contributed by atoms with Crippen molar-refractivity contribution >= 4 is 20.6 Å². The van der Waals surface area contributed by atoms with Crippen LogP contribution in [0.1, 0.15) is 26.3 Å². The summed E-state index contributed by atoms with van der Waals surface area (Å²) in [6, 6.07) is 9.81. The van der Waals surface area contributed by atoms with Crippen molar-refractivity contribution in [3.8, 4) is 12.1 Å². The second kappa shape index (κ2) is 5.72. The maximum atomic E-state index is 12.1. The first-order valence-corrected chi connectivity index (χ1v) is 7.19. The van der Waals surface area contributed by atoms with Gasteiger partial charge in [0.25, 0.3) is 5.04 Å². The monoisotopic (exact) mass is 290 g/mol. The highest BCUT2D eigenvalue weighted by atomic mass is 32.2. The molecule has 0 spiro atoms. The minimum absolute atomic E-state index is 0.474. The average molecular weight is 290 g/mol. The molecule has 0 amide bonds. The molecule has 0 heterocycles. The van der Waals surface area contributed by atoms with Gasteiger partial charge >= 0.3 is 0 Å². The molecule has 0 aliphatic rings. The summed E-state index contributed by atoms with van der Waals surface area (Å²) in [5.74, 6) is 0. The van der Waals surface area contributed by atoms with E-state index in [2.05, 4.69) is 10.5 Å². The van der Waals surface area contributed by atoms with Crippen LogP contribution in [0.4, 0.5) is 5.69 Å². The number of hydrazone groups is 1. The van der Waals surface area contributed by atoms with E-state index in [1.807, 2.05) is 6.07 Å². The fourth-order valence-corrected chi connectivity index (χ4v) is 2.04. The number of hydrogen-bond acceptors (Lipinski definition) is 6. The van der Waals surface area contributed by atoms with Crippen molar-refractivity contribution in [3.63, 3.8) is 0 Å². The lowest BCUT2D eigenvalue weighted by Gasteiger charge is -2.17. The van der Waals surface area contributed by atoms with E-state index in [-0.39, 0.29) is 0 Å². The summed E-state index contributed by atoms with van der Waals surface area (Å²) in [7, 11) is -3.80. The summed E-state index contributed by atoms with van der Waals surface area (Å²) in [4.78, 5) is 0. The molecule has 104 valence electrons. The Balaban J connectivity index is 3.04. The number of rotatable bonds is 2. The molecule has 7 heteroatoms. The molecule has 0 aliphatic heterocycles. The largest absolute Gasteiger partial charge is 0.277 e. The molecule has 6 nitrogen and oxygen atoms in total. The van der Waals surface area contributed by atoms with Gasteiger partial charge in [-0.3, -0.25) is 5.43 Å². The molecule has 0 saturated heterocycles. The van der Waals surface area contributed by atoms with E-state index < -0.39 is 19.6 Å². The van der Waals surface area contributed by atoms with Gasteiger partial charge in [0.2, 0.25) is 9.84 Å². The number of hydrogen-bond donors (Lipinski definition) is 1. The van der Waals surface area contributed by atoms with E-state index in [4.69, 9.17) is 10.5 Å². The van der Waals surface area contributed by atoms with Crippen LogP contribution in [0.25, 0.3) is 0 Å². The van der Waals surface area contributed by atoms with Gasteiger partial charge in [0.05, 0.1) is 22.1 Å². The Morgan fingerprint density at radius 1 is 1.20 bits per heavy atom. The SMILES string of the molecule is CC(C)(C)S(=O)(=O)/C(C#N)=N\Nc1ccc(C#N)cc1. The van der Waals surface area contributed by atoms with Crippen LogP contribution in [0, 0.1) is 22.7 Å². The van der Waals surface area contributed by atoms with E-state index in [1.54, 1.807) is 30.3 Å². The Hall–Kier alpha value is -2.38. The van der Waals surface area contributed by atoms with Gasteiger partial charge in [-0.15, -0.1) is 0 Å². The van der Waals surface area contributed by atoms with Gasteiger partial charge < -0.3 is 0 Å². The summed E-state index contributed by atoms with van der Waals surface area (Å²) < 4.78 is 23.0. The van der Waals surface area contributed by atoms with Gasteiger partial charge in [0, 0.05) is 0 Å². The maximum absolute atomic E-state index is 12.1. The third-order valence-corrected chi connectivity index (χ3v) is 4.76. The van der Waals surface area contributed by atoms with Crippen LogP contribution in [0.15, 0.2) is 29.4 Å². The first kappa shape index (κ1) is 15.7. The molecule has 0 bridgehead atoms. The minimum Gasteiger partial charge on any atom is -0.277 e. The van der Waals surface area contributed by atoms with E-state index in [0.717, 1.165) is 0 Å². The first-order valence-electron chi connectivity index (χ1n) is 5.71. The summed E-state index contributed by atoms with van der Waals surface area (Å²) in [5, 5.41) is 20.7. The van der Waals surface area contributed by atoms with Crippen molar-refractivity contribution in [2.24, 2.45) is 5.10 Å². The third-order valence-electron chi connectivity index (χ3n) is 2.46. The molecular formula is C13H14N4O2S. The van der Waals surface area contributed by atoms with Gasteiger partial charge in [0.1, 0.15) is 6.07 Å². The van der Waals surface area contributed by atoms with E-state index in [1.165, 1.54) is 20.8 Å². The molecule has 1 aromatic rings. The topological polar surface area (TPSA) is 106 Å². The van der Waals surface area contributed by atoms with Crippen LogP contribution in [0.5, 0.6) is 0 Å². The smallest absolute Gasteiger partial charge is 0.252 e. The summed E-state index contributed by atoms with van der Waals surface area (Å²) >= 11 is 0. The molecule has 1 rings (SSSR count). The Labute approximate surface area is 118 Å². The Bertz CT molecular complexity index is 699. The summed E-state index contributed by atoms with van der Waals surface area (Å²) in [6.45, 7) is 4.49. The molecule has 1 N–H and O–H groups in total. The lowest BCUT2D eigenvalue weighted by atomic mass is 10.2. The van der Waals surface area contributed by atoms with E-state index >= 15 is 0 Å². The van der Waals surface area contributed by atoms with Crippen molar-refractivity contribution in [3.05, 3.63) is 29.8 Å². The molecule has 0 atom stereocenters. The van der Waals surface area contributed by atoms with E-state index in [9.17, 15) is 8.42 Å². The normalized spacial score (nSPS) is 12.3. The van der Waals surface area contributed by atoms with Crippen LogP contribution < -0.4 is 5.43 Å². The summed E-state index contributed by atoms with van der Waals surface area (Å²) in [5.41, 5.74) is 3.46. The van der Waals surface area contributed by atoms with Gasteiger partial charge in [-0.25, -0.2) is 8.42 Å². The second-order valence-electron chi connectivity index (χ2n) is 4.95. The van der Waals surface area contributed by atoms with Crippen molar-refractivity contribution < 1.29 is 8.42 Å². The maximum Gasteiger partial charge on any atom is 0.252 e. The highest BCUT2D eigenvalue weighted by Crippen LogP contribution is 2.18. The van der Waals surface area contributed by atoms with Crippen molar-refractivity contribution in [1.82, 2.24) is 0 Å². The molecule has 0 unspecified atom stereocenters. The standard InChI is InChI=1S/C13H14N4O2S/c1-13(2,3)20(18,19)12(9-15)17-16-11-6-4-10(8-14)5-7-11/h4-7,16H,1-3H3/b17-12-. The van der Waals surface area contributed by atoms with Crippen LogP contribution in [0.3, 0.4) is 0 Å². The number of nitrogens with one attached hydrogen (secondary N) is 1. The predicted molar refractivity (Wildman–Crippen MR) is 76.5 cm³/mol. The molecular weight excluding hydrogens is 276 g/mol. The number of nitriles is 2. The third kappa shape index (κ3) is 3.34. The molecule has 0 aromatic heterocycles. The second-order valence-corrected chi connectivity index (χ2v) is 7.56. The average Bonchev–Trinajstić information content (AvgIpc) is 2.38. The van der Waals surface area contributed by atoms with Crippen LogP contribution in [0.2, 0.25) is 0 Å². The molecule has 1 aromatic carbocycles. The number of benzene rings is 1. The predicted octanol–water partition coefficient (Wildman–Crippen LogP) is 2.02. The highest BCUT2D eigenvalue weighted by molar-refractivity contribution is 8.08. The molecule has 0 saturated carbocycles. The van der Waals surface area contributed by atoms with Crippen molar-refractivity contribution in [2.45, 2.75) is 25.5 Å². The Morgan fingerprint density at radius 2 is 1.75 bits per heavy atom. The number of anilines is 1. The van der Waals surface area contributed by atoms with Gasteiger partial charge in [-0.05, 0) is 45.0 Å².